The predicted octanol–water partition coefficient (Wildman–Crippen LogP) is 2.34. The standard InChI is InChI=1S/C14H19N3O/c1-2-6-14(18)15-9-5-10-17-11-16-12-7-3-4-8-13(12)17/h3-4,7-8,11H,2,5-6,9-10H2,1H3,(H,15,18). The van der Waals surface area contributed by atoms with Gasteiger partial charge in [-0.2, -0.15) is 0 Å². The Labute approximate surface area is 107 Å². The van der Waals surface area contributed by atoms with Crippen LogP contribution in [-0.2, 0) is 11.3 Å². The number of carbonyl (C=O) groups is 1. The largest absolute Gasteiger partial charge is 0.356 e. The van der Waals surface area contributed by atoms with Crippen LogP contribution >= 0.6 is 0 Å². The summed E-state index contributed by atoms with van der Waals surface area (Å²) in [6.07, 6.45) is 4.31. The van der Waals surface area contributed by atoms with Crippen molar-refractivity contribution in [1.82, 2.24) is 14.9 Å². The summed E-state index contributed by atoms with van der Waals surface area (Å²) in [6, 6.07) is 8.08. The zero-order valence-electron chi connectivity index (χ0n) is 10.7. The Hall–Kier alpha value is -1.84. The van der Waals surface area contributed by atoms with E-state index in [9.17, 15) is 4.79 Å². The van der Waals surface area contributed by atoms with E-state index in [-0.39, 0.29) is 5.91 Å². The van der Waals surface area contributed by atoms with Crippen LogP contribution in [-0.4, -0.2) is 22.0 Å². The van der Waals surface area contributed by atoms with E-state index < -0.39 is 0 Å². The SMILES string of the molecule is CCCC(=O)NCCCn1cnc2ccccc21. The van der Waals surface area contributed by atoms with Gasteiger partial charge in [-0.05, 0) is 25.0 Å². The van der Waals surface area contributed by atoms with Crippen LogP contribution in [0, 0.1) is 0 Å². The lowest BCUT2D eigenvalue weighted by Gasteiger charge is -2.06. The average molecular weight is 245 g/mol. The van der Waals surface area contributed by atoms with Crippen LogP contribution in [0.1, 0.15) is 26.2 Å². The molecular weight excluding hydrogens is 226 g/mol. The molecule has 0 aliphatic carbocycles. The van der Waals surface area contributed by atoms with Crippen molar-refractivity contribution >= 4 is 16.9 Å². The van der Waals surface area contributed by atoms with Crippen molar-refractivity contribution in [1.29, 1.82) is 0 Å². The van der Waals surface area contributed by atoms with E-state index in [2.05, 4.69) is 20.9 Å². The molecule has 1 heterocycles. The van der Waals surface area contributed by atoms with Crippen molar-refractivity contribution in [3.05, 3.63) is 30.6 Å². The maximum atomic E-state index is 11.3. The van der Waals surface area contributed by atoms with Gasteiger partial charge < -0.3 is 9.88 Å². The lowest BCUT2D eigenvalue weighted by molar-refractivity contribution is -0.121. The Morgan fingerprint density at radius 2 is 2.22 bits per heavy atom. The highest BCUT2D eigenvalue weighted by molar-refractivity contribution is 5.76. The molecule has 96 valence electrons. The maximum absolute atomic E-state index is 11.3. The molecule has 0 bridgehead atoms. The zero-order valence-corrected chi connectivity index (χ0v) is 10.7. The minimum absolute atomic E-state index is 0.146. The van der Waals surface area contributed by atoms with E-state index >= 15 is 0 Å². The number of aryl methyl sites for hydroxylation is 1. The molecule has 2 aromatic rings. The molecule has 0 aliphatic rings. The summed E-state index contributed by atoms with van der Waals surface area (Å²) in [5.41, 5.74) is 2.17. The first-order valence-electron chi connectivity index (χ1n) is 6.48. The molecule has 4 heteroatoms. The number of amides is 1. The highest BCUT2D eigenvalue weighted by atomic mass is 16.1. The molecule has 0 spiro atoms. The molecule has 1 aromatic carbocycles. The number of hydrogen-bond acceptors (Lipinski definition) is 2. The first-order valence-corrected chi connectivity index (χ1v) is 6.48. The minimum atomic E-state index is 0.146. The Morgan fingerprint density at radius 3 is 3.06 bits per heavy atom. The van der Waals surface area contributed by atoms with E-state index in [0.29, 0.717) is 6.42 Å². The fourth-order valence-corrected chi connectivity index (χ4v) is 1.98. The molecular formula is C14H19N3O. The normalized spacial score (nSPS) is 10.7. The van der Waals surface area contributed by atoms with Crippen LogP contribution < -0.4 is 5.32 Å². The molecule has 0 aliphatic heterocycles. The van der Waals surface area contributed by atoms with Crippen LogP contribution in [0.2, 0.25) is 0 Å². The van der Waals surface area contributed by atoms with Crippen molar-refractivity contribution in [2.45, 2.75) is 32.7 Å². The molecule has 0 unspecified atom stereocenters. The lowest BCUT2D eigenvalue weighted by atomic mass is 10.3. The molecule has 0 atom stereocenters. The van der Waals surface area contributed by atoms with Gasteiger partial charge in [0.15, 0.2) is 0 Å². The summed E-state index contributed by atoms with van der Waals surface area (Å²) in [4.78, 5) is 15.6. The van der Waals surface area contributed by atoms with Crippen LogP contribution in [0.4, 0.5) is 0 Å². The van der Waals surface area contributed by atoms with E-state index in [0.717, 1.165) is 37.0 Å². The fourth-order valence-electron chi connectivity index (χ4n) is 1.98. The number of imidazole rings is 1. The summed E-state index contributed by atoms with van der Waals surface area (Å²) in [5, 5.41) is 2.92. The molecule has 1 amide bonds. The van der Waals surface area contributed by atoms with Crippen LogP contribution in [0.3, 0.4) is 0 Å². The molecule has 0 radical (unpaired) electrons. The van der Waals surface area contributed by atoms with Gasteiger partial charge in [-0.15, -0.1) is 0 Å². The van der Waals surface area contributed by atoms with Gasteiger partial charge in [0.2, 0.25) is 5.91 Å². The van der Waals surface area contributed by atoms with Crippen LogP contribution in [0.5, 0.6) is 0 Å². The number of aromatic nitrogens is 2. The van der Waals surface area contributed by atoms with E-state index in [4.69, 9.17) is 0 Å². The van der Waals surface area contributed by atoms with E-state index in [1.807, 2.05) is 31.5 Å². The lowest BCUT2D eigenvalue weighted by Crippen LogP contribution is -2.24. The third-order valence-corrected chi connectivity index (χ3v) is 2.90. The Morgan fingerprint density at radius 1 is 1.39 bits per heavy atom. The molecule has 0 saturated carbocycles. The first kappa shape index (κ1) is 12.6. The number of benzene rings is 1. The number of para-hydroxylation sites is 2. The Balaban J connectivity index is 1.82. The van der Waals surface area contributed by atoms with E-state index in [1.165, 1.54) is 0 Å². The minimum Gasteiger partial charge on any atom is -0.356 e. The smallest absolute Gasteiger partial charge is 0.219 e. The maximum Gasteiger partial charge on any atom is 0.219 e. The topological polar surface area (TPSA) is 46.9 Å². The van der Waals surface area contributed by atoms with Gasteiger partial charge >= 0.3 is 0 Å². The van der Waals surface area contributed by atoms with Crippen LogP contribution in [0.15, 0.2) is 30.6 Å². The van der Waals surface area contributed by atoms with Gasteiger partial charge in [0.25, 0.3) is 0 Å². The summed E-state index contributed by atoms with van der Waals surface area (Å²) in [5.74, 6) is 0.146. The number of nitrogens with zero attached hydrogens (tertiary/aromatic N) is 2. The number of rotatable bonds is 6. The van der Waals surface area contributed by atoms with Gasteiger partial charge in [-0.1, -0.05) is 19.1 Å². The predicted molar refractivity (Wildman–Crippen MR) is 72.3 cm³/mol. The number of hydrogen-bond donors (Lipinski definition) is 1. The van der Waals surface area contributed by atoms with Gasteiger partial charge in [0.05, 0.1) is 17.4 Å². The summed E-state index contributed by atoms with van der Waals surface area (Å²) in [6.45, 7) is 3.62. The quantitative estimate of drug-likeness (QED) is 0.794. The summed E-state index contributed by atoms with van der Waals surface area (Å²) in [7, 11) is 0. The summed E-state index contributed by atoms with van der Waals surface area (Å²) >= 11 is 0. The highest BCUT2D eigenvalue weighted by Gasteiger charge is 2.01. The van der Waals surface area contributed by atoms with Crippen molar-refractivity contribution in [3.63, 3.8) is 0 Å². The number of carbonyl (C=O) groups excluding carboxylic acids is 1. The molecule has 4 nitrogen and oxygen atoms in total. The summed E-state index contributed by atoms with van der Waals surface area (Å²) < 4.78 is 2.13. The average Bonchev–Trinajstić information content (AvgIpc) is 2.78. The number of nitrogens with one attached hydrogen (secondary N) is 1. The monoisotopic (exact) mass is 245 g/mol. The van der Waals surface area contributed by atoms with Crippen LogP contribution in [0.25, 0.3) is 11.0 Å². The van der Waals surface area contributed by atoms with Crippen molar-refractivity contribution in [2.75, 3.05) is 6.54 Å². The van der Waals surface area contributed by atoms with Crippen molar-refractivity contribution in [3.8, 4) is 0 Å². The Kier molecular flexibility index (Phi) is 4.34. The van der Waals surface area contributed by atoms with Crippen molar-refractivity contribution < 1.29 is 4.79 Å². The van der Waals surface area contributed by atoms with Gasteiger partial charge in [0.1, 0.15) is 0 Å². The molecule has 2 rings (SSSR count). The second-order valence-electron chi connectivity index (χ2n) is 4.38. The fraction of sp³-hybridized carbons (Fsp3) is 0.429. The van der Waals surface area contributed by atoms with E-state index in [1.54, 1.807) is 0 Å². The Bertz CT molecular complexity index is 518. The molecule has 0 fully saturated rings. The number of fused-ring (bicyclic) bond motifs is 1. The third kappa shape index (κ3) is 3.09. The second kappa shape index (κ2) is 6.19. The highest BCUT2D eigenvalue weighted by Crippen LogP contribution is 2.11. The zero-order chi connectivity index (χ0) is 12.8. The molecule has 1 aromatic heterocycles. The van der Waals surface area contributed by atoms with Crippen molar-refractivity contribution in [2.24, 2.45) is 0 Å². The first-order chi connectivity index (χ1) is 8.81. The van der Waals surface area contributed by atoms with Gasteiger partial charge in [0, 0.05) is 19.5 Å². The molecule has 1 N–H and O–H groups in total. The third-order valence-electron chi connectivity index (χ3n) is 2.90. The van der Waals surface area contributed by atoms with Gasteiger partial charge in [-0.25, -0.2) is 4.98 Å². The van der Waals surface area contributed by atoms with Gasteiger partial charge in [-0.3, -0.25) is 4.79 Å². The second-order valence-corrected chi connectivity index (χ2v) is 4.38. The molecule has 18 heavy (non-hydrogen) atoms. The molecule has 0 saturated heterocycles.